The van der Waals surface area contributed by atoms with E-state index in [1.165, 1.54) is 33.3 Å². The molecule has 0 saturated carbocycles. The molecular formula is C91H136N22O22S2. The Hall–Kier alpha value is -12.4. The fourth-order valence-corrected chi connectivity index (χ4v) is 17.4. The number of para-hydroxylation sites is 2. The van der Waals surface area contributed by atoms with E-state index >= 15 is 28.8 Å². The number of primary amides is 2. The van der Waals surface area contributed by atoms with Crippen molar-refractivity contribution in [1.82, 2.24) is 94.0 Å². The van der Waals surface area contributed by atoms with E-state index in [1.807, 2.05) is 20.8 Å². The van der Waals surface area contributed by atoms with Crippen molar-refractivity contribution in [3.8, 4) is 0 Å². The monoisotopic (exact) mass is 1950 g/mol. The first-order valence-electron chi connectivity index (χ1n) is 45.7. The number of nitrogens with one attached hydrogen (secondary N) is 17. The summed E-state index contributed by atoms with van der Waals surface area (Å²) in [4.78, 5) is 266. The van der Waals surface area contributed by atoms with E-state index in [1.54, 1.807) is 100 Å². The number of carbonyl (C=O) groups is 18. The fraction of sp³-hybridized carbons (Fsp3) is 0.582. The van der Waals surface area contributed by atoms with Crippen LogP contribution in [0.3, 0.4) is 0 Å². The molecule has 0 bridgehead atoms. The van der Waals surface area contributed by atoms with Crippen LogP contribution in [0.25, 0.3) is 21.8 Å². The van der Waals surface area contributed by atoms with Gasteiger partial charge in [0.2, 0.25) is 82.7 Å². The third-order valence-corrected chi connectivity index (χ3v) is 25.3. The summed E-state index contributed by atoms with van der Waals surface area (Å²) in [6, 6.07) is -1.77. The number of nitrogens with zero attached hydrogens (tertiary/aromatic N) is 2. The van der Waals surface area contributed by atoms with Crippen LogP contribution in [0.4, 0.5) is 0 Å². The molecule has 1 aliphatic heterocycles. The zero-order valence-electron chi connectivity index (χ0n) is 79.3. The van der Waals surface area contributed by atoms with Crippen molar-refractivity contribution in [2.24, 2.45) is 53.8 Å². The summed E-state index contributed by atoms with van der Waals surface area (Å²) in [7, 11) is 3.43. The normalized spacial score (nSPS) is 21.2. The van der Waals surface area contributed by atoms with Gasteiger partial charge in [0.1, 0.15) is 48.9 Å². The van der Waals surface area contributed by atoms with Gasteiger partial charge in [-0.1, -0.05) is 92.1 Å². The number of Topliss-reactive ketones (excluding diaryl/α,β-unsaturated/α-hetero) is 3. The molecular weight excluding hydrogens is 1820 g/mol. The lowest BCUT2D eigenvalue weighted by Gasteiger charge is -2.29. The maximum Gasteiger partial charge on any atom is 0.305 e. The van der Waals surface area contributed by atoms with Gasteiger partial charge in [-0.15, -0.1) is 0 Å². The summed E-state index contributed by atoms with van der Waals surface area (Å²) in [6.07, 6.45) is 0.814. The van der Waals surface area contributed by atoms with E-state index in [-0.39, 0.29) is 70.6 Å². The number of benzene rings is 2. The summed E-state index contributed by atoms with van der Waals surface area (Å²) < 4.78 is 12.8. The Bertz CT molecular complexity index is 4980. The van der Waals surface area contributed by atoms with Gasteiger partial charge in [-0.25, -0.2) is 4.98 Å². The van der Waals surface area contributed by atoms with Crippen molar-refractivity contribution < 1.29 is 106 Å². The van der Waals surface area contributed by atoms with Crippen LogP contribution in [-0.4, -0.2) is 278 Å². The predicted molar refractivity (Wildman–Crippen MR) is 510 cm³/mol. The number of carbonyl (C=O) groups excluding carboxylic acids is 17. The Morgan fingerprint density at radius 3 is 1.95 bits per heavy atom. The van der Waals surface area contributed by atoms with Crippen LogP contribution in [-0.2, 0) is 122 Å². The number of nitrogens with two attached hydrogens (primary N) is 3. The van der Waals surface area contributed by atoms with Crippen LogP contribution in [0.15, 0.2) is 73.4 Å². The minimum absolute atomic E-state index is 0.0119. The molecule has 25 N–H and O–H groups in total. The number of H-pyrrole nitrogens is 2. The Morgan fingerprint density at radius 1 is 0.650 bits per heavy atom. The van der Waals surface area contributed by atoms with Crippen LogP contribution in [0.1, 0.15) is 163 Å². The van der Waals surface area contributed by atoms with E-state index in [0.717, 1.165) is 28.0 Å². The van der Waals surface area contributed by atoms with Crippen LogP contribution < -0.4 is 91.6 Å². The molecule has 46 heteroatoms. The highest BCUT2D eigenvalue weighted by Gasteiger charge is 2.40. The summed E-state index contributed by atoms with van der Waals surface area (Å²) >= 11 is 0. The van der Waals surface area contributed by atoms with Crippen LogP contribution in [0, 0.1) is 35.0 Å². The highest BCUT2D eigenvalue weighted by molar-refractivity contribution is 8.76. The number of amides is 14. The summed E-state index contributed by atoms with van der Waals surface area (Å²) in [5.74, 6) is -23.8. The van der Waals surface area contributed by atoms with E-state index in [0.29, 0.717) is 64.4 Å². The number of hydrogen-bond acceptors (Lipinski definition) is 26. The Labute approximate surface area is 802 Å². The van der Waals surface area contributed by atoms with Gasteiger partial charge in [0.25, 0.3) is 0 Å². The fourth-order valence-electron chi connectivity index (χ4n) is 15.1. The Kier molecular flexibility index (Phi) is 47.1. The molecule has 15 atom stereocenters. The molecule has 3 aromatic heterocycles. The number of aromatic amines is 2. The largest absolute Gasteiger partial charge is 0.481 e. The second-order valence-electron chi connectivity index (χ2n) is 35.6. The molecule has 6 rings (SSSR count). The van der Waals surface area contributed by atoms with E-state index in [2.05, 4.69) is 89.4 Å². The molecule has 137 heavy (non-hydrogen) atoms. The number of carboxylic acids is 1. The van der Waals surface area contributed by atoms with Gasteiger partial charge in [-0.2, -0.15) is 0 Å². The van der Waals surface area contributed by atoms with E-state index in [9.17, 15) is 67.7 Å². The summed E-state index contributed by atoms with van der Waals surface area (Å²) in [5.41, 5.74) is 19.4. The predicted octanol–water partition coefficient (Wildman–Crippen LogP) is -1.18. The van der Waals surface area contributed by atoms with E-state index in [4.69, 9.17) is 32.1 Å². The topological polar surface area (TPSA) is 686 Å². The highest BCUT2D eigenvalue weighted by atomic mass is 33.1. The van der Waals surface area contributed by atoms with Gasteiger partial charge in [0, 0.05) is 141 Å². The average Bonchev–Trinajstić information content (AvgIpc) is 1.66. The van der Waals surface area contributed by atoms with Crippen molar-refractivity contribution in [2.45, 2.75) is 238 Å². The molecule has 754 valence electrons. The molecule has 0 spiro atoms. The van der Waals surface area contributed by atoms with Crippen molar-refractivity contribution in [3.05, 3.63) is 90.3 Å². The molecule has 44 nitrogen and oxygen atoms in total. The second kappa shape index (κ2) is 57.0. The number of aliphatic hydroxyl groups excluding tert-OH is 1. The lowest BCUT2D eigenvalue weighted by molar-refractivity contribution is -0.141. The van der Waals surface area contributed by atoms with Gasteiger partial charge in [0.15, 0.2) is 23.3 Å². The van der Waals surface area contributed by atoms with Crippen molar-refractivity contribution in [3.63, 3.8) is 0 Å². The third-order valence-electron chi connectivity index (χ3n) is 22.9. The number of aliphatic hydroxyl groups is 1. The average molecular weight is 1950 g/mol. The molecule has 5 aromatic rings. The van der Waals surface area contributed by atoms with Gasteiger partial charge < -0.3 is 126 Å². The number of hydrogen-bond donors (Lipinski definition) is 22. The molecule has 4 heterocycles. The molecule has 1 fully saturated rings. The van der Waals surface area contributed by atoms with Crippen molar-refractivity contribution >= 4 is 155 Å². The molecule has 0 radical (unpaired) electrons. The molecule has 1 unspecified atom stereocenters. The SMILES string of the molecule is CC[C@H](C)[C@H](NC(C)=O)C(=O)N[C@H]1CSSC[C@@H](C(=O)N[C@H](C(=O)NCCOCCOCC(=O)N[C@@H](CCCCNC(C)(C)C)C(N)=O)[C@@H](C)O)NC(=O)[C@H](CCCNC(=N)N)NC(=O)[C@H](Cc2cnc[nH]2)CC(=O)[C@H](C)NC(=O)CNC(=O)[C@H](Cc2c[nH]c3ccccc23)CC(=O)[C@H](CC(=O)O)NC(=O)[C@H](CCC(N)=O)NC(=O)[C@H](Cc2cn(C)c3ccccc23)NC(=O)C(C(C)C)CC1=O. The number of guanidine groups is 1. The molecule has 0 aliphatic carbocycles. The quantitative estimate of drug-likeness (QED) is 0.00949. The zero-order chi connectivity index (χ0) is 101. The summed E-state index contributed by atoms with van der Waals surface area (Å²) in [5, 5.41) is 67.8. The number of aliphatic carboxylic acids is 1. The summed E-state index contributed by atoms with van der Waals surface area (Å²) in [6.45, 7) is 15.2. The van der Waals surface area contributed by atoms with Gasteiger partial charge >= 0.3 is 5.97 Å². The van der Waals surface area contributed by atoms with Gasteiger partial charge in [-0.05, 0) is 121 Å². The number of aryl methyl sites for hydroxylation is 1. The minimum atomic E-state index is -1.96. The standard InChI is InChI=1S/C91H136N22O22S2/c1-12-50(4)78(104-53(7)115)89(133)110-68-46-136-137-47-69(87(131)112-79(52(6)114)88(132)97-30-31-134-32-33-135-45-76(121)105-63(80(93)124)23-17-18-29-102-91(8,9)10)111-84(128)64(24-19-28-98-90(94)95)106-82(126)55(35-58-42-96-48-101-58)37-71(116)51(5)103-75(120)43-100-81(125)54(34-56-41-99-62-22-15-13-20-59(56)62)38-72(117)66(40-77(122)123)108-85(129)65(26-27-74(92)119)107-86(130)67(109-83(127)61(49(2)3)39-73(68)118)36-57-44-113(11)70-25-16-14-21-60(57)70/h13-16,20-22,25,41-42,44,48-52,54-55,61,63-69,78-79,99,102,114H,12,17-19,23-24,26-40,43,45-47H2,1-11H3,(H2,92,119)(H2,93,124)(H,96,101)(H,97,132)(H,100,125)(H,103,120)(H,104,115)(H,105,121)(H,106,126)(H,107,130)(H,108,129)(H,109,127)(H,110,133)(H,111,128)(H,112,131)(H,122,123)(H4,94,95,98)/t50-,51-,52+,54+,55+,61?,63-,64-,65-,66-,67-,68-,69-,78-,79-/m0/s1. The maximum absolute atomic E-state index is 15.4. The van der Waals surface area contributed by atoms with Crippen LogP contribution >= 0.6 is 21.6 Å². The molecule has 14 amide bonds. The number of rotatable bonds is 40. The molecule has 1 aliphatic rings. The third kappa shape index (κ3) is 39.3. The number of ketones is 3. The number of imidazole rings is 1. The molecule has 2 aromatic carbocycles. The first-order chi connectivity index (χ1) is 64.8. The first kappa shape index (κ1) is 113. The number of ether oxygens (including phenoxy) is 2. The Balaban J connectivity index is 1.42. The molecule has 1 saturated heterocycles. The first-order valence-corrected chi connectivity index (χ1v) is 48.2. The lowest BCUT2D eigenvalue weighted by Crippen LogP contribution is -2.60. The van der Waals surface area contributed by atoms with Crippen LogP contribution in [0.5, 0.6) is 0 Å². The number of aromatic nitrogens is 4. The zero-order valence-corrected chi connectivity index (χ0v) is 81.0. The van der Waals surface area contributed by atoms with Crippen molar-refractivity contribution in [1.29, 1.82) is 5.41 Å². The van der Waals surface area contributed by atoms with Gasteiger partial charge in [-0.3, -0.25) is 91.7 Å². The van der Waals surface area contributed by atoms with E-state index < -0.39 is 271 Å². The Morgan fingerprint density at radius 2 is 1.29 bits per heavy atom. The lowest BCUT2D eigenvalue weighted by atomic mass is 9.87. The van der Waals surface area contributed by atoms with Crippen molar-refractivity contribution in [2.75, 3.05) is 64.1 Å². The number of unbranched alkanes of at least 4 members (excludes halogenated alkanes) is 1. The maximum atomic E-state index is 15.4. The number of carboxylic acid groups (broad SMARTS) is 1. The minimum Gasteiger partial charge on any atom is -0.481 e. The second-order valence-corrected chi connectivity index (χ2v) is 38.1. The van der Waals surface area contributed by atoms with Gasteiger partial charge in [0.05, 0.1) is 69.3 Å². The smallest absolute Gasteiger partial charge is 0.305 e. The number of fused-ring (bicyclic) bond motifs is 2. The highest BCUT2D eigenvalue weighted by Crippen LogP contribution is 2.29. The van der Waals surface area contributed by atoms with Crippen LogP contribution in [0.2, 0.25) is 0 Å².